The van der Waals surface area contributed by atoms with Gasteiger partial charge in [-0.25, -0.2) is 0 Å². The summed E-state index contributed by atoms with van der Waals surface area (Å²) in [6.45, 7) is 9.77. The molecule has 1 aliphatic carbocycles. The normalized spacial score (nSPS) is 20.4. The van der Waals surface area contributed by atoms with E-state index in [0.717, 1.165) is 44.9 Å². The molecule has 2 fully saturated rings. The van der Waals surface area contributed by atoms with E-state index in [9.17, 15) is 4.79 Å². The topological polar surface area (TPSA) is 54.0 Å². The summed E-state index contributed by atoms with van der Waals surface area (Å²) >= 11 is 0. The zero-order valence-electron chi connectivity index (χ0n) is 23.7. The molecule has 1 aliphatic heterocycles. The monoisotopic (exact) mass is 538 g/mol. The molecule has 1 spiro atoms. The first-order valence-electron chi connectivity index (χ1n) is 14.6. The number of esters is 1. The van der Waals surface area contributed by atoms with Crippen LogP contribution >= 0.6 is 0 Å². The first-order chi connectivity index (χ1) is 18.3. The summed E-state index contributed by atoms with van der Waals surface area (Å²) in [7, 11) is -2.76. The number of ether oxygens (including phenoxy) is 3. The summed E-state index contributed by atoms with van der Waals surface area (Å²) in [5, 5.41) is 2.41. The van der Waals surface area contributed by atoms with Crippen LogP contribution in [0.1, 0.15) is 85.5 Å². The van der Waals surface area contributed by atoms with Crippen LogP contribution in [0.15, 0.2) is 60.7 Å². The van der Waals surface area contributed by atoms with Crippen LogP contribution in [0.25, 0.3) is 0 Å². The molecule has 208 valence electrons. The van der Waals surface area contributed by atoms with Crippen molar-refractivity contribution in [3.05, 3.63) is 60.7 Å². The van der Waals surface area contributed by atoms with Crippen molar-refractivity contribution in [3.63, 3.8) is 0 Å². The van der Waals surface area contributed by atoms with Gasteiger partial charge in [-0.3, -0.25) is 4.79 Å². The molecule has 4 rings (SSSR count). The Morgan fingerprint density at radius 1 is 0.974 bits per heavy atom. The molecule has 2 aromatic rings. The fraction of sp³-hybridized carbons (Fsp3) is 0.594. The number of carbonyl (C=O) groups is 1. The molecule has 0 bridgehead atoms. The van der Waals surface area contributed by atoms with Crippen molar-refractivity contribution in [2.24, 2.45) is 0 Å². The predicted octanol–water partition coefficient (Wildman–Crippen LogP) is 6.13. The lowest BCUT2D eigenvalue weighted by molar-refractivity contribution is -0.194. The highest BCUT2D eigenvalue weighted by atomic mass is 28.4. The van der Waals surface area contributed by atoms with Gasteiger partial charge < -0.3 is 18.6 Å². The summed E-state index contributed by atoms with van der Waals surface area (Å²) in [6.07, 6.45) is 8.08. The third-order valence-corrected chi connectivity index (χ3v) is 13.1. The van der Waals surface area contributed by atoms with Gasteiger partial charge in [0.15, 0.2) is 5.79 Å². The summed E-state index contributed by atoms with van der Waals surface area (Å²) in [6, 6.07) is 21.6. The van der Waals surface area contributed by atoms with Crippen LogP contribution in [0.5, 0.6) is 0 Å². The highest BCUT2D eigenvalue weighted by Gasteiger charge is 2.54. The van der Waals surface area contributed by atoms with Crippen LogP contribution in [0.2, 0.25) is 5.04 Å². The zero-order chi connectivity index (χ0) is 27.1. The number of hydrogen-bond acceptors (Lipinski definition) is 5. The first-order valence-corrected chi connectivity index (χ1v) is 16.5. The van der Waals surface area contributed by atoms with Crippen LogP contribution < -0.4 is 10.4 Å². The SMILES string of the molecule is CCOC(=O)CCCC[C@H](O[Si](c1ccccc1)(c1ccccc1)C(C)(C)C)[C@H]1COC2(CCCCC2)O1. The number of unbranched alkanes of at least 4 members (excludes halogenated alkanes) is 1. The number of rotatable bonds is 11. The maximum absolute atomic E-state index is 12.0. The maximum Gasteiger partial charge on any atom is 0.305 e. The second kappa shape index (κ2) is 12.9. The van der Waals surface area contributed by atoms with Crippen molar-refractivity contribution in [2.45, 2.75) is 109 Å². The van der Waals surface area contributed by atoms with E-state index in [-0.39, 0.29) is 23.2 Å². The molecule has 0 unspecified atom stereocenters. The van der Waals surface area contributed by atoms with Gasteiger partial charge >= 0.3 is 5.97 Å². The largest absolute Gasteiger partial charge is 0.466 e. The second-order valence-electron chi connectivity index (χ2n) is 11.8. The molecule has 2 aromatic carbocycles. The number of carbonyl (C=O) groups excluding carboxylic acids is 1. The van der Waals surface area contributed by atoms with Crippen molar-refractivity contribution in [1.82, 2.24) is 0 Å². The quantitative estimate of drug-likeness (QED) is 0.196. The highest BCUT2D eigenvalue weighted by Crippen LogP contribution is 2.42. The fourth-order valence-electron chi connectivity index (χ4n) is 6.20. The van der Waals surface area contributed by atoms with Gasteiger partial charge in [-0.15, -0.1) is 0 Å². The Labute approximate surface area is 230 Å². The van der Waals surface area contributed by atoms with Gasteiger partial charge in [0.1, 0.15) is 6.10 Å². The average molecular weight is 539 g/mol. The molecule has 2 aliphatic rings. The van der Waals surface area contributed by atoms with Crippen LogP contribution in [0, 0.1) is 0 Å². The van der Waals surface area contributed by atoms with Gasteiger partial charge in [0.05, 0.1) is 19.3 Å². The Morgan fingerprint density at radius 2 is 1.58 bits per heavy atom. The van der Waals surface area contributed by atoms with E-state index in [1.807, 2.05) is 6.92 Å². The Balaban J connectivity index is 1.66. The molecule has 1 saturated heterocycles. The Kier molecular flexibility index (Phi) is 9.85. The van der Waals surface area contributed by atoms with Gasteiger partial charge in [-0.2, -0.15) is 0 Å². The molecule has 2 atom stereocenters. The molecular weight excluding hydrogens is 492 g/mol. The van der Waals surface area contributed by atoms with Crippen molar-refractivity contribution in [3.8, 4) is 0 Å². The zero-order valence-corrected chi connectivity index (χ0v) is 24.7. The van der Waals surface area contributed by atoms with E-state index in [4.69, 9.17) is 18.6 Å². The van der Waals surface area contributed by atoms with Gasteiger partial charge in [0.2, 0.25) is 0 Å². The first kappa shape index (κ1) is 29.0. The molecule has 0 N–H and O–H groups in total. The number of hydrogen-bond donors (Lipinski definition) is 0. The van der Waals surface area contributed by atoms with Crippen molar-refractivity contribution in [2.75, 3.05) is 13.2 Å². The third kappa shape index (κ3) is 6.59. The lowest BCUT2D eigenvalue weighted by atomic mass is 9.94. The lowest BCUT2D eigenvalue weighted by Crippen LogP contribution is -2.68. The Morgan fingerprint density at radius 3 is 2.13 bits per heavy atom. The molecule has 38 heavy (non-hydrogen) atoms. The summed E-state index contributed by atoms with van der Waals surface area (Å²) in [4.78, 5) is 12.0. The Hall–Kier alpha value is -1.99. The van der Waals surface area contributed by atoms with E-state index in [0.29, 0.717) is 19.6 Å². The van der Waals surface area contributed by atoms with Gasteiger partial charge in [0.25, 0.3) is 8.32 Å². The van der Waals surface area contributed by atoms with Gasteiger partial charge in [-0.05, 0) is 48.0 Å². The van der Waals surface area contributed by atoms with Crippen LogP contribution in [-0.4, -0.2) is 45.5 Å². The molecule has 0 amide bonds. The van der Waals surface area contributed by atoms with Crippen LogP contribution in [0.3, 0.4) is 0 Å². The van der Waals surface area contributed by atoms with Gasteiger partial charge in [0, 0.05) is 19.3 Å². The van der Waals surface area contributed by atoms with Crippen LogP contribution in [0.4, 0.5) is 0 Å². The fourth-order valence-corrected chi connectivity index (χ4v) is 10.9. The summed E-state index contributed by atoms with van der Waals surface area (Å²) in [5.74, 6) is -0.584. The minimum absolute atomic E-state index is 0.124. The molecule has 1 saturated carbocycles. The second-order valence-corrected chi connectivity index (χ2v) is 16.1. The predicted molar refractivity (Wildman–Crippen MR) is 154 cm³/mol. The van der Waals surface area contributed by atoms with Crippen LogP contribution in [-0.2, 0) is 23.4 Å². The highest BCUT2D eigenvalue weighted by molar-refractivity contribution is 6.99. The van der Waals surface area contributed by atoms with E-state index in [1.54, 1.807) is 0 Å². The standard InChI is InChI=1S/C32H46O5Si/c1-5-34-30(33)22-14-13-21-28(29-25-35-32(36-29)23-15-8-16-24-32)37-38(31(2,3)4,26-17-9-6-10-18-26)27-19-11-7-12-20-27/h6-7,9-12,17-20,28-29H,5,8,13-16,21-25H2,1-4H3/t28-,29+/m0/s1. The minimum Gasteiger partial charge on any atom is -0.466 e. The molecule has 0 aromatic heterocycles. The lowest BCUT2D eigenvalue weighted by Gasteiger charge is -2.46. The van der Waals surface area contributed by atoms with Crippen molar-refractivity contribution in [1.29, 1.82) is 0 Å². The smallest absolute Gasteiger partial charge is 0.305 e. The molecule has 0 radical (unpaired) electrons. The molecular formula is C32H46O5Si. The minimum atomic E-state index is -2.76. The molecule has 5 nitrogen and oxygen atoms in total. The average Bonchev–Trinajstić information content (AvgIpc) is 3.32. The van der Waals surface area contributed by atoms with E-state index >= 15 is 0 Å². The van der Waals surface area contributed by atoms with Crippen molar-refractivity contribution < 1.29 is 23.4 Å². The van der Waals surface area contributed by atoms with E-state index in [2.05, 4.69) is 81.4 Å². The van der Waals surface area contributed by atoms with E-state index in [1.165, 1.54) is 16.8 Å². The summed E-state index contributed by atoms with van der Waals surface area (Å²) in [5.41, 5.74) is 0. The summed E-state index contributed by atoms with van der Waals surface area (Å²) < 4.78 is 25.9. The maximum atomic E-state index is 12.0. The van der Waals surface area contributed by atoms with Crippen molar-refractivity contribution >= 4 is 24.7 Å². The molecule has 1 heterocycles. The van der Waals surface area contributed by atoms with E-state index < -0.39 is 14.1 Å². The number of benzene rings is 2. The third-order valence-electron chi connectivity index (χ3n) is 8.08. The molecule has 6 heteroatoms. The van der Waals surface area contributed by atoms with Gasteiger partial charge in [-0.1, -0.05) is 94.3 Å². The Bertz CT molecular complexity index is 958.